The average Bonchev–Trinajstić information content (AvgIpc) is 3.41. The molecule has 2 heterocycles. The van der Waals surface area contributed by atoms with Crippen LogP contribution in [0, 0.1) is 0 Å². The van der Waals surface area contributed by atoms with Crippen molar-refractivity contribution < 1.29 is 18.7 Å². The molecule has 0 saturated carbocycles. The number of aliphatic hydroxyl groups excluding tert-OH is 1. The SMILES string of the molecule is O=C(Nc1cc(-c2ccc(CO)o2)ccc1Cl)c1ccc(-c2cccc(Cl)c2Cl)o1. The van der Waals surface area contributed by atoms with E-state index in [2.05, 4.69) is 5.32 Å². The van der Waals surface area contributed by atoms with Crippen molar-refractivity contribution in [2.75, 3.05) is 5.32 Å². The van der Waals surface area contributed by atoms with Crippen LogP contribution in [0.25, 0.3) is 22.6 Å². The van der Waals surface area contributed by atoms with Crippen molar-refractivity contribution in [3.8, 4) is 22.6 Å². The van der Waals surface area contributed by atoms with Gasteiger partial charge in [0.25, 0.3) is 5.91 Å². The summed E-state index contributed by atoms with van der Waals surface area (Å²) in [6, 6.07) is 16.8. The van der Waals surface area contributed by atoms with Gasteiger partial charge in [-0.1, -0.05) is 40.9 Å². The lowest BCUT2D eigenvalue weighted by atomic mass is 10.1. The lowest BCUT2D eigenvalue weighted by Gasteiger charge is -2.08. The Morgan fingerprint density at radius 2 is 1.70 bits per heavy atom. The van der Waals surface area contributed by atoms with Gasteiger partial charge >= 0.3 is 0 Å². The Labute approximate surface area is 186 Å². The van der Waals surface area contributed by atoms with E-state index in [-0.39, 0.29) is 12.4 Å². The number of hydrogen-bond donors (Lipinski definition) is 2. The number of benzene rings is 2. The molecule has 0 spiro atoms. The minimum atomic E-state index is -0.478. The van der Waals surface area contributed by atoms with Crippen LogP contribution < -0.4 is 5.32 Å². The van der Waals surface area contributed by atoms with E-state index in [0.717, 1.165) is 0 Å². The highest BCUT2D eigenvalue weighted by Crippen LogP contribution is 2.35. The van der Waals surface area contributed by atoms with E-state index in [4.69, 9.17) is 48.7 Å². The number of furan rings is 2. The molecule has 0 fully saturated rings. The van der Waals surface area contributed by atoms with Crippen LogP contribution >= 0.6 is 34.8 Å². The van der Waals surface area contributed by atoms with Gasteiger partial charge in [-0.3, -0.25) is 4.79 Å². The maximum atomic E-state index is 12.7. The van der Waals surface area contributed by atoms with Gasteiger partial charge in [0.05, 0.1) is 20.8 Å². The summed E-state index contributed by atoms with van der Waals surface area (Å²) in [5, 5.41) is 13.0. The second kappa shape index (κ2) is 8.58. The van der Waals surface area contributed by atoms with Crippen molar-refractivity contribution in [1.82, 2.24) is 0 Å². The first-order valence-electron chi connectivity index (χ1n) is 8.81. The summed E-state index contributed by atoms with van der Waals surface area (Å²) < 4.78 is 11.2. The van der Waals surface area contributed by atoms with Gasteiger partial charge < -0.3 is 19.3 Å². The van der Waals surface area contributed by atoms with Crippen LogP contribution in [0.2, 0.25) is 15.1 Å². The third kappa shape index (κ3) is 4.11. The lowest BCUT2D eigenvalue weighted by molar-refractivity contribution is 0.0997. The van der Waals surface area contributed by atoms with Crippen LogP contribution in [0.5, 0.6) is 0 Å². The van der Waals surface area contributed by atoms with Crippen LogP contribution in [0.1, 0.15) is 16.3 Å². The number of carbonyl (C=O) groups is 1. The monoisotopic (exact) mass is 461 g/mol. The van der Waals surface area contributed by atoms with Crippen molar-refractivity contribution in [3.05, 3.63) is 87.3 Å². The van der Waals surface area contributed by atoms with Gasteiger partial charge in [0, 0.05) is 11.1 Å². The average molecular weight is 463 g/mol. The molecule has 2 aromatic carbocycles. The predicted octanol–water partition coefficient (Wildman–Crippen LogP) is 6.91. The largest absolute Gasteiger partial charge is 0.459 e. The molecule has 0 unspecified atom stereocenters. The number of nitrogens with one attached hydrogen (secondary N) is 1. The Hall–Kier alpha value is -2.70. The molecule has 4 aromatic rings. The molecule has 0 atom stereocenters. The second-order valence-electron chi connectivity index (χ2n) is 6.34. The molecule has 30 heavy (non-hydrogen) atoms. The first-order chi connectivity index (χ1) is 14.5. The number of halogens is 3. The molecule has 0 aliphatic heterocycles. The van der Waals surface area contributed by atoms with Crippen molar-refractivity contribution in [1.29, 1.82) is 0 Å². The second-order valence-corrected chi connectivity index (χ2v) is 7.53. The number of anilines is 1. The van der Waals surface area contributed by atoms with Gasteiger partial charge in [-0.05, 0) is 54.6 Å². The fourth-order valence-corrected chi connectivity index (χ4v) is 3.43. The van der Waals surface area contributed by atoms with E-state index in [1.165, 1.54) is 0 Å². The first kappa shape index (κ1) is 20.6. The molecule has 4 rings (SSSR count). The molecule has 2 aromatic heterocycles. The smallest absolute Gasteiger partial charge is 0.291 e. The zero-order valence-corrected chi connectivity index (χ0v) is 17.6. The standard InChI is InChI=1S/C22H14Cl3NO4/c23-15-6-4-12(18-7-5-13(11-27)29-18)10-17(15)26-22(28)20-9-8-19(30-20)14-2-1-3-16(24)21(14)25/h1-10,27H,11H2,(H,26,28). The number of carbonyl (C=O) groups excluding carboxylic acids is 1. The number of amides is 1. The predicted molar refractivity (Wildman–Crippen MR) is 117 cm³/mol. The van der Waals surface area contributed by atoms with E-state index >= 15 is 0 Å². The molecule has 0 bridgehead atoms. The molecule has 1 amide bonds. The van der Waals surface area contributed by atoms with E-state index in [9.17, 15) is 4.79 Å². The van der Waals surface area contributed by atoms with Crippen molar-refractivity contribution >= 4 is 46.4 Å². The summed E-state index contributed by atoms with van der Waals surface area (Å²) >= 11 is 18.5. The topological polar surface area (TPSA) is 75.6 Å². The zero-order valence-electron chi connectivity index (χ0n) is 15.3. The van der Waals surface area contributed by atoms with E-state index in [1.54, 1.807) is 60.7 Å². The van der Waals surface area contributed by atoms with E-state index in [1.807, 2.05) is 0 Å². The summed E-state index contributed by atoms with van der Waals surface area (Å²) in [7, 11) is 0. The molecule has 0 aliphatic rings. The molecule has 0 radical (unpaired) electrons. The van der Waals surface area contributed by atoms with Crippen LogP contribution in [-0.2, 0) is 6.61 Å². The maximum Gasteiger partial charge on any atom is 0.291 e. The first-order valence-corrected chi connectivity index (χ1v) is 9.94. The Bertz CT molecular complexity index is 1230. The highest BCUT2D eigenvalue weighted by molar-refractivity contribution is 6.43. The lowest BCUT2D eigenvalue weighted by Crippen LogP contribution is -2.11. The van der Waals surface area contributed by atoms with Crippen LogP contribution in [0.3, 0.4) is 0 Å². The molecule has 0 saturated heterocycles. The van der Waals surface area contributed by atoms with Crippen LogP contribution in [0.4, 0.5) is 5.69 Å². The molecule has 5 nitrogen and oxygen atoms in total. The maximum absolute atomic E-state index is 12.7. The molecule has 8 heteroatoms. The Morgan fingerprint density at radius 1 is 0.900 bits per heavy atom. The highest BCUT2D eigenvalue weighted by atomic mass is 35.5. The highest BCUT2D eigenvalue weighted by Gasteiger charge is 2.17. The summed E-state index contributed by atoms with van der Waals surface area (Å²) in [6.45, 7) is -0.200. The fraction of sp³-hybridized carbons (Fsp3) is 0.0455. The van der Waals surface area contributed by atoms with E-state index in [0.29, 0.717) is 49.2 Å². The molecular formula is C22H14Cl3NO4. The van der Waals surface area contributed by atoms with Gasteiger partial charge in [-0.15, -0.1) is 0 Å². The quantitative estimate of drug-likeness (QED) is 0.338. The van der Waals surface area contributed by atoms with Crippen molar-refractivity contribution in [2.45, 2.75) is 6.61 Å². The minimum Gasteiger partial charge on any atom is -0.459 e. The number of rotatable bonds is 5. The third-order valence-electron chi connectivity index (χ3n) is 4.36. The molecule has 152 valence electrons. The van der Waals surface area contributed by atoms with Gasteiger partial charge in [-0.2, -0.15) is 0 Å². The number of aliphatic hydroxyl groups is 1. The molecular weight excluding hydrogens is 449 g/mol. The zero-order chi connectivity index (χ0) is 21.3. The van der Waals surface area contributed by atoms with Crippen LogP contribution in [-0.4, -0.2) is 11.0 Å². The van der Waals surface area contributed by atoms with Gasteiger partial charge in [0.1, 0.15) is 23.9 Å². The Morgan fingerprint density at radius 3 is 2.47 bits per heavy atom. The van der Waals surface area contributed by atoms with Crippen molar-refractivity contribution in [2.24, 2.45) is 0 Å². The van der Waals surface area contributed by atoms with Gasteiger partial charge in [0.2, 0.25) is 0 Å². The van der Waals surface area contributed by atoms with Gasteiger partial charge in [-0.25, -0.2) is 0 Å². The molecule has 0 aliphatic carbocycles. The molecule has 2 N–H and O–H groups in total. The normalized spacial score (nSPS) is 10.9. The fourth-order valence-electron chi connectivity index (χ4n) is 2.88. The summed E-state index contributed by atoms with van der Waals surface area (Å²) in [6.07, 6.45) is 0. The Balaban J connectivity index is 1.58. The van der Waals surface area contributed by atoms with Gasteiger partial charge in [0.15, 0.2) is 5.76 Å². The third-order valence-corrected chi connectivity index (χ3v) is 5.51. The number of hydrogen-bond acceptors (Lipinski definition) is 4. The Kier molecular flexibility index (Phi) is 5.88. The van der Waals surface area contributed by atoms with E-state index < -0.39 is 5.91 Å². The summed E-state index contributed by atoms with van der Waals surface area (Å²) in [4.78, 5) is 12.7. The summed E-state index contributed by atoms with van der Waals surface area (Å²) in [5.74, 6) is 1.01. The van der Waals surface area contributed by atoms with Crippen molar-refractivity contribution in [3.63, 3.8) is 0 Å². The summed E-state index contributed by atoms with van der Waals surface area (Å²) in [5.41, 5.74) is 1.67. The minimum absolute atomic E-state index is 0.0862. The van der Waals surface area contributed by atoms with Crippen LogP contribution in [0.15, 0.2) is 69.5 Å².